The van der Waals surface area contributed by atoms with E-state index in [4.69, 9.17) is 44.6 Å². The van der Waals surface area contributed by atoms with Crippen molar-refractivity contribution >= 4 is 92.8 Å². The topological polar surface area (TPSA) is 94.1 Å². The summed E-state index contributed by atoms with van der Waals surface area (Å²) in [5.74, 6) is -1.24. The lowest BCUT2D eigenvalue weighted by atomic mass is 10.0. The molecule has 1 aromatic heterocycles. The van der Waals surface area contributed by atoms with Crippen molar-refractivity contribution in [3.8, 4) is 5.75 Å². The maximum absolute atomic E-state index is 12.2. The lowest BCUT2D eigenvalue weighted by Gasteiger charge is -2.27. The van der Waals surface area contributed by atoms with E-state index in [1.165, 1.54) is 57.1 Å². The van der Waals surface area contributed by atoms with E-state index in [-0.39, 0.29) is 27.1 Å². The molecule has 3 aliphatic heterocycles. The number of anilines is 4. The number of fused-ring (bicyclic) bond motifs is 4. The van der Waals surface area contributed by atoms with Crippen molar-refractivity contribution in [2.24, 2.45) is 0 Å². The molecule has 8 nitrogen and oxygen atoms in total. The summed E-state index contributed by atoms with van der Waals surface area (Å²) < 4.78 is 4.98. The number of carboxylic acid groups (broad SMARTS) is 1. The summed E-state index contributed by atoms with van der Waals surface area (Å²) in [6, 6.07) is 37.9. The smallest absolute Gasteiger partial charge is 0.341 e. The van der Waals surface area contributed by atoms with E-state index in [0.717, 1.165) is 48.7 Å². The quantitative estimate of drug-likeness (QED) is 0.123. The number of nitrogens with zero attached hydrogens (tertiary/aromatic N) is 2. The molecule has 3 N–H and O–H groups in total. The average molecular weight is 932 g/mol. The van der Waals surface area contributed by atoms with Crippen LogP contribution < -0.4 is 20.3 Å². The van der Waals surface area contributed by atoms with E-state index < -0.39 is 12.6 Å². The van der Waals surface area contributed by atoms with Crippen molar-refractivity contribution in [2.75, 3.05) is 49.3 Å². The summed E-state index contributed by atoms with van der Waals surface area (Å²) in [6.45, 7) is 1.57. The second-order valence-corrected chi connectivity index (χ2v) is 17.0. The van der Waals surface area contributed by atoms with Gasteiger partial charge in [0.05, 0.1) is 9.90 Å². The highest BCUT2D eigenvalue weighted by Gasteiger charge is 2.21. The molecule has 328 valence electrons. The van der Waals surface area contributed by atoms with Crippen LogP contribution in [0.3, 0.4) is 0 Å². The van der Waals surface area contributed by atoms with Gasteiger partial charge >= 0.3 is 5.97 Å². The van der Waals surface area contributed by atoms with Gasteiger partial charge in [-0.2, -0.15) is 0 Å². The first kappa shape index (κ1) is 47.4. The van der Waals surface area contributed by atoms with E-state index in [0.29, 0.717) is 4.88 Å². The van der Waals surface area contributed by atoms with E-state index in [2.05, 4.69) is 107 Å². The van der Waals surface area contributed by atoms with Gasteiger partial charge in [0.2, 0.25) is 5.78 Å². The minimum atomic E-state index is -1.13. The van der Waals surface area contributed by atoms with E-state index in [9.17, 15) is 9.59 Å². The number of ketones is 1. The Bertz CT molecular complexity index is 2580. The SMILES string of the molecule is C1=CNc2ccccc2C=C1.C1=CNc2ccccc2C=C1.CN(C)CCCN1c2ccccc2CCc2ccc(Cl)cc21.O=C(O)COc1ccc(C(=O)c2cccs2)c(Cl)c1Cl. The highest BCUT2D eigenvalue weighted by Crippen LogP contribution is 2.38. The van der Waals surface area contributed by atoms with Crippen LogP contribution in [0, 0.1) is 0 Å². The molecule has 0 aliphatic carbocycles. The normalized spacial score (nSPS) is 12.6. The van der Waals surface area contributed by atoms with Crippen LogP contribution in [0.2, 0.25) is 15.1 Å². The number of aryl methyl sites for hydroxylation is 2. The molecule has 12 heteroatoms. The second-order valence-electron chi connectivity index (χ2n) is 14.8. The number of carbonyl (C=O) groups is 2. The fraction of sp³-hybridized carbons (Fsp3) is 0.154. The van der Waals surface area contributed by atoms with Gasteiger partial charge in [-0.3, -0.25) is 4.79 Å². The van der Waals surface area contributed by atoms with Crippen LogP contribution in [0.4, 0.5) is 22.7 Å². The van der Waals surface area contributed by atoms with Crippen LogP contribution in [-0.2, 0) is 17.6 Å². The third-order valence-electron chi connectivity index (χ3n) is 10.0. The molecular weight excluding hydrogens is 883 g/mol. The molecule has 0 unspecified atom stereocenters. The molecule has 0 atom stereocenters. The fourth-order valence-electron chi connectivity index (χ4n) is 6.92. The molecule has 0 bridgehead atoms. The summed E-state index contributed by atoms with van der Waals surface area (Å²) in [5.41, 5.74) is 10.5. The van der Waals surface area contributed by atoms with E-state index in [1.54, 1.807) is 17.5 Å². The van der Waals surface area contributed by atoms with Gasteiger partial charge in [0.25, 0.3) is 0 Å². The maximum atomic E-state index is 12.2. The summed E-state index contributed by atoms with van der Waals surface area (Å²) in [7, 11) is 4.25. The van der Waals surface area contributed by atoms with Crippen LogP contribution in [-0.4, -0.2) is 55.6 Å². The number of carboxylic acids is 1. The van der Waals surface area contributed by atoms with E-state index in [1.807, 2.05) is 67.0 Å². The van der Waals surface area contributed by atoms with Crippen LogP contribution in [0.5, 0.6) is 5.75 Å². The van der Waals surface area contributed by atoms with Crippen molar-refractivity contribution in [1.29, 1.82) is 0 Å². The molecule has 64 heavy (non-hydrogen) atoms. The number of halogens is 3. The van der Waals surface area contributed by atoms with E-state index >= 15 is 0 Å². The van der Waals surface area contributed by atoms with Crippen molar-refractivity contribution in [3.63, 3.8) is 0 Å². The minimum Gasteiger partial charge on any atom is -0.480 e. The molecule has 0 fully saturated rings. The Labute approximate surface area is 394 Å². The molecule has 9 rings (SSSR count). The maximum Gasteiger partial charge on any atom is 0.341 e. The second kappa shape index (κ2) is 24.1. The number of nitrogens with one attached hydrogen (secondary N) is 2. The third kappa shape index (κ3) is 13.5. The molecule has 5 aromatic carbocycles. The Morgan fingerprint density at radius 1 is 0.719 bits per heavy atom. The molecule has 4 heterocycles. The number of para-hydroxylation sites is 3. The van der Waals surface area contributed by atoms with Crippen molar-refractivity contribution in [3.05, 3.63) is 205 Å². The molecular formula is C52H49Cl3N4O4S. The number of aliphatic carboxylic acids is 1. The highest BCUT2D eigenvalue weighted by molar-refractivity contribution is 7.12. The first-order valence-electron chi connectivity index (χ1n) is 20.7. The summed E-state index contributed by atoms with van der Waals surface area (Å²) in [4.78, 5) is 27.9. The molecule has 3 aliphatic rings. The van der Waals surface area contributed by atoms with Crippen molar-refractivity contribution in [1.82, 2.24) is 4.90 Å². The summed E-state index contributed by atoms with van der Waals surface area (Å²) in [5, 5.41) is 17.6. The predicted octanol–water partition coefficient (Wildman–Crippen LogP) is 13.6. The Morgan fingerprint density at radius 2 is 1.34 bits per heavy atom. The van der Waals surface area contributed by atoms with Crippen LogP contribution in [0.1, 0.15) is 43.9 Å². The van der Waals surface area contributed by atoms with Crippen molar-refractivity contribution < 1.29 is 19.4 Å². The van der Waals surface area contributed by atoms with Gasteiger partial charge in [-0.1, -0.05) is 126 Å². The number of rotatable bonds is 9. The molecule has 0 saturated carbocycles. The van der Waals surface area contributed by atoms with Gasteiger partial charge < -0.3 is 30.3 Å². The number of carbonyl (C=O) groups excluding carboxylic acids is 1. The number of thiophene rings is 1. The lowest BCUT2D eigenvalue weighted by Crippen LogP contribution is -2.24. The Balaban J connectivity index is 0.000000148. The largest absolute Gasteiger partial charge is 0.480 e. The van der Waals surface area contributed by atoms with Crippen molar-refractivity contribution in [2.45, 2.75) is 19.3 Å². The Morgan fingerprint density at radius 3 is 1.97 bits per heavy atom. The van der Waals surface area contributed by atoms with Gasteiger partial charge in [0.15, 0.2) is 6.61 Å². The summed E-state index contributed by atoms with van der Waals surface area (Å²) in [6.07, 6.45) is 19.4. The molecule has 0 saturated heterocycles. The molecule has 6 aromatic rings. The van der Waals surface area contributed by atoms with Crippen LogP contribution in [0.15, 0.2) is 157 Å². The Kier molecular flexibility index (Phi) is 17.9. The zero-order chi connectivity index (χ0) is 45.3. The van der Waals surface area contributed by atoms with Gasteiger partial charge in [0.1, 0.15) is 10.8 Å². The lowest BCUT2D eigenvalue weighted by molar-refractivity contribution is -0.139. The predicted molar refractivity (Wildman–Crippen MR) is 269 cm³/mol. The van der Waals surface area contributed by atoms with Crippen LogP contribution >= 0.6 is 46.1 Å². The first-order valence-corrected chi connectivity index (χ1v) is 22.7. The standard InChI is InChI=1S/C19H23ClN2.C13H8Cl2O4S.2C10H9N/c1-21(2)12-5-13-22-18-7-4-3-6-15(18)8-9-16-10-11-17(20)14-19(16)22;14-11-7(13(18)9-2-1-5-20-9)3-4-8(12(11)15)19-6-10(16)17;2*1-2-7-10-9(5-1)6-3-4-8-11-10/h3-4,6-7,10-11,14H,5,8-9,12-13H2,1-2H3;1-5H,6H2,(H,16,17);2*1-8,11H. The average Bonchev–Trinajstić information content (AvgIpc) is 3.50. The number of ether oxygens (including phenoxy) is 1. The molecule has 0 radical (unpaired) electrons. The summed E-state index contributed by atoms with van der Waals surface area (Å²) >= 11 is 19.6. The number of hydrogen-bond donors (Lipinski definition) is 3. The number of allylic oxidation sites excluding steroid dienone is 4. The van der Waals surface area contributed by atoms with Crippen LogP contribution in [0.25, 0.3) is 12.2 Å². The zero-order valence-corrected chi connectivity index (χ0v) is 38.6. The fourth-order valence-corrected chi connectivity index (χ4v) is 8.23. The number of hydrogen-bond acceptors (Lipinski definition) is 8. The van der Waals surface area contributed by atoms with Gasteiger partial charge in [-0.25, -0.2) is 4.79 Å². The van der Waals surface area contributed by atoms with Gasteiger partial charge in [0, 0.05) is 52.3 Å². The highest BCUT2D eigenvalue weighted by atomic mass is 35.5. The molecule has 0 spiro atoms. The monoisotopic (exact) mass is 930 g/mol. The Hall–Kier alpha value is -6.07. The first-order chi connectivity index (χ1) is 31.1. The third-order valence-corrected chi connectivity index (χ3v) is 12.0. The minimum absolute atomic E-state index is 0.0234. The zero-order valence-electron chi connectivity index (χ0n) is 35.5. The molecule has 0 amide bonds. The van der Waals surface area contributed by atoms with Gasteiger partial charge in [-0.05, 0) is 128 Å². The van der Waals surface area contributed by atoms with Gasteiger partial charge in [-0.15, -0.1) is 11.3 Å². The number of benzene rings is 5.